The van der Waals surface area contributed by atoms with Gasteiger partial charge in [-0.2, -0.15) is 0 Å². The van der Waals surface area contributed by atoms with Crippen molar-refractivity contribution >= 4 is 23.1 Å². The van der Waals surface area contributed by atoms with E-state index in [4.69, 9.17) is 9.47 Å². The zero-order chi connectivity index (χ0) is 32.6. The smallest absolute Gasteiger partial charge is 0.241 e. The van der Waals surface area contributed by atoms with Gasteiger partial charge < -0.3 is 19.4 Å². The molecule has 0 N–H and O–H groups in total. The molecule has 4 nitrogen and oxygen atoms in total. The number of hydrogen-bond acceptors (Lipinski definition) is 4. The van der Waals surface area contributed by atoms with Gasteiger partial charge in [0.1, 0.15) is 17.2 Å². The summed E-state index contributed by atoms with van der Waals surface area (Å²) in [6.07, 6.45) is 3.77. The van der Waals surface area contributed by atoms with Crippen molar-refractivity contribution in [1.29, 1.82) is 0 Å². The number of hydrogen-bond donors (Lipinski definition) is 0. The molecule has 0 fully saturated rings. The molecule has 4 heterocycles. The van der Waals surface area contributed by atoms with Crippen molar-refractivity contribution in [2.24, 2.45) is 0 Å². The summed E-state index contributed by atoms with van der Waals surface area (Å²) in [5.41, 5.74) is 13.1. The molecule has 0 aliphatic carbocycles. The average Bonchev–Trinajstić information content (AvgIpc) is 3.12. The number of nitrogens with zero attached hydrogens (tertiary/aromatic N) is 2. The van der Waals surface area contributed by atoms with E-state index < -0.39 is 0 Å². The molecular weight excluding hydrogens is 780 g/mol. The summed E-state index contributed by atoms with van der Waals surface area (Å²) in [4.78, 5) is 9.10. The zero-order valence-corrected chi connectivity index (χ0v) is 29.7. The number of ether oxygens (including phenoxy) is 2. The third kappa shape index (κ3) is 6.22. The largest absolute Gasteiger partial charge is 0.503 e. The molecule has 239 valence electrons. The summed E-state index contributed by atoms with van der Waals surface area (Å²) < 4.78 is 12.6. The Morgan fingerprint density at radius 1 is 0.633 bits per heavy atom. The molecule has 2 aliphatic rings. The third-order valence-corrected chi connectivity index (χ3v) is 8.87. The van der Waals surface area contributed by atoms with E-state index in [9.17, 15) is 0 Å². The van der Waals surface area contributed by atoms with Crippen LogP contribution in [-0.4, -0.2) is 16.7 Å². The van der Waals surface area contributed by atoms with Gasteiger partial charge in [0.15, 0.2) is 0 Å². The van der Waals surface area contributed by atoms with E-state index in [0.717, 1.165) is 67.5 Å². The number of pyridine rings is 2. The Bertz CT molecular complexity index is 2290. The first kappa shape index (κ1) is 32.3. The van der Waals surface area contributed by atoms with Crippen LogP contribution in [0.5, 0.6) is 23.0 Å². The maximum atomic E-state index is 6.41. The van der Waals surface area contributed by atoms with E-state index >= 15 is 0 Å². The second kappa shape index (κ2) is 13.7. The fraction of sp³-hybridized carbons (Fsp3) is 0.0698. The van der Waals surface area contributed by atoms with Crippen LogP contribution in [0.1, 0.15) is 16.7 Å². The maximum absolute atomic E-state index is 6.41. The molecule has 6 heteroatoms. The van der Waals surface area contributed by atoms with E-state index in [1.807, 2.05) is 67.0 Å². The van der Waals surface area contributed by atoms with Crippen LogP contribution in [0.4, 0.5) is 0 Å². The number of para-hydroxylation sites is 1. The maximum Gasteiger partial charge on any atom is 0.241 e. The molecule has 9 rings (SSSR count). The number of rotatable bonds is 3. The van der Waals surface area contributed by atoms with Crippen molar-refractivity contribution in [1.82, 2.24) is 9.97 Å². The Labute approximate surface area is 301 Å². The fourth-order valence-corrected chi connectivity index (χ4v) is 6.47. The number of aryl methyl sites for hydroxylation is 3. The first-order chi connectivity index (χ1) is 23.5. The van der Waals surface area contributed by atoms with Crippen LogP contribution in [0.25, 0.3) is 33.6 Å². The van der Waals surface area contributed by atoms with Gasteiger partial charge in [0.05, 0.1) is 0 Å². The summed E-state index contributed by atoms with van der Waals surface area (Å²) in [5.74, 6) is 3.41. The molecule has 0 saturated heterocycles. The summed E-state index contributed by atoms with van der Waals surface area (Å²) in [7, 11) is 0. The van der Waals surface area contributed by atoms with Gasteiger partial charge in [0.2, 0.25) is 6.71 Å². The summed E-state index contributed by atoms with van der Waals surface area (Å²) in [5, 5.41) is 0. The van der Waals surface area contributed by atoms with Crippen molar-refractivity contribution < 1.29 is 29.6 Å². The van der Waals surface area contributed by atoms with E-state index in [0.29, 0.717) is 0 Å². The average molecular weight is 811 g/mol. The molecule has 0 unspecified atom stereocenters. The summed E-state index contributed by atoms with van der Waals surface area (Å²) >= 11 is 0. The van der Waals surface area contributed by atoms with Crippen LogP contribution in [0.2, 0.25) is 0 Å². The van der Waals surface area contributed by atoms with Gasteiger partial charge in [0, 0.05) is 43.7 Å². The van der Waals surface area contributed by atoms with Gasteiger partial charge in [-0.25, -0.2) is 0 Å². The van der Waals surface area contributed by atoms with E-state index in [2.05, 4.69) is 110 Å². The van der Waals surface area contributed by atoms with Gasteiger partial charge in [-0.1, -0.05) is 84.8 Å². The molecule has 0 spiro atoms. The molecule has 2 aromatic heterocycles. The van der Waals surface area contributed by atoms with Crippen LogP contribution in [0, 0.1) is 32.9 Å². The molecule has 0 bridgehead atoms. The van der Waals surface area contributed by atoms with Crippen molar-refractivity contribution in [3.05, 3.63) is 163 Å². The fourth-order valence-electron chi connectivity index (χ4n) is 6.47. The quantitative estimate of drug-likeness (QED) is 0.133. The molecular formula is C43H31BIrN2O2-2. The number of fused-ring (bicyclic) bond motifs is 4. The Balaban J connectivity index is 0.000000160. The van der Waals surface area contributed by atoms with Crippen molar-refractivity contribution in [2.75, 3.05) is 0 Å². The van der Waals surface area contributed by atoms with Crippen molar-refractivity contribution in [3.63, 3.8) is 0 Å². The summed E-state index contributed by atoms with van der Waals surface area (Å²) in [6.45, 7) is 6.30. The molecule has 5 aromatic carbocycles. The van der Waals surface area contributed by atoms with E-state index in [1.54, 1.807) is 0 Å². The topological polar surface area (TPSA) is 44.2 Å². The van der Waals surface area contributed by atoms with Crippen molar-refractivity contribution in [3.8, 4) is 56.6 Å². The molecule has 49 heavy (non-hydrogen) atoms. The normalized spacial score (nSPS) is 11.7. The van der Waals surface area contributed by atoms with Crippen LogP contribution >= 0.6 is 0 Å². The first-order valence-electron chi connectivity index (χ1n) is 16.1. The second-order valence-electron chi connectivity index (χ2n) is 12.2. The predicted octanol–water partition coefficient (Wildman–Crippen LogP) is 8.41. The monoisotopic (exact) mass is 811 g/mol. The van der Waals surface area contributed by atoms with Gasteiger partial charge in [-0.15, -0.1) is 59.1 Å². The summed E-state index contributed by atoms with van der Waals surface area (Å²) in [6, 6.07) is 47.7. The van der Waals surface area contributed by atoms with Gasteiger partial charge in [-0.05, 0) is 71.7 Å². The molecule has 2 aliphatic heterocycles. The van der Waals surface area contributed by atoms with Gasteiger partial charge in [0.25, 0.3) is 0 Å². The standard InChI is InChI=1S/C24H15BNO2.C19H16N.Ir/c1-15-12-13-26-19(14-15)16-6-4-8-18-24(16)28-22-11-5-10-21-23(22)25(18)17-7-2-3-9-20(17)27-21;1-14-8-10-17(11-9-14)19-12-18(15(2)13-20-19)16-6-4-3-5-7-16;/h2-5,7-14H,1H3;3-10,12-13H,1-2H3;/q2*-1;. The molecule has 7 aromatic rings. The first-order valence-corrected chi connectivity index (χ1v) is 16.1. The van der Waals surface area contributed by atoms with E-state index in [-0.39, 0.29) is 26.8 Å². The van der Waals surface area contributed by atoms with Crippen LogP contribution < -0.4 is 25.9 Å². The number of aromatic nitrogens is 2. The Kier molecular flexibility index (Phi) is 9.01. The van der Waals surface area contributed by atoms with Crippen LogP contribution in [0.3, 0.4) is 0 Å². The molecule has 0 amide bonds. The minimum atomic E-state index is 0. The van der Waals surface area contributed by atoms with Crippen molar-refractivity contribution in [2.45, 2.75) is 20.8 Å². The van der Waals surface area contributed by atoms with E-state index in [1.165, 1.54) is 22.3 Å². The zero-order valence-electron chi connectivity index (χ0n) is 27.3. The Hall–Kier alpha value is -5.29. The van der Waals surface area contributed by atoms with Gasteiger partial charge in [-0.3, -0.25) is 0 Å². The predicted molar refractivity (Wildman–Crippen MR) is 194 cm³/mol. The molecule has 0 saturated carbocycles. The second-order valence-corrected chi connectivity index (χ2v) is 12.2. The SMILES string of the molecule is Cc1c[c-]c(-c2cc(-c3ccccc3)c(C)cn2)cc1.Cc1ccnc(-c2[c-]ccc3c2Oc2cccc4c2B3c2ccccc2O4)c1.[Ir]. The number of benzene rings is 5. The Morgan fingerprint density at radius 3 is 2.20 bits per heavy atom. The minimum absolute atomic E-state index is 0. The molecule has 0 atom stereocenters. The Morgan fingerprint density at radius 2 is 1.41 bits per heavy atom. The van der Waals surface area contributed by atoms with Gasteiger partial charge >= 0.3 is 0 Å². The van der Waals surface area contributed by atoms with Crippen LogP contribution in [-0.2, 0) is 20.1 Å². The minimum Gasteiger partial charge on any atom is -0.503 e. The van der Waals surface area contributed by atoms with Crippen LogP contribution in [0.15, 0.2) is 134 Å². The molecule has 1 radical (unpaired) electrons. The third-order valence-electron chi connectivity index (χ3n) is 8.87.